The Balaban J connectivity index is 0.00000210. The van der Waals surface area contributed by atoms with Crippen molar-refractivity contribution in [2.75, 3.05) is 31.1 Å². The van der Waals surface area contributed by atoms with Crippen molar-refractivity contribution in [3.63, 3.8) is 0 Å². The summed E-state index contributed by atoms with van der Waals surface area (Å²) in [6.07, 6.45) is 10.7. The molecule has 8 heteroatoms. The van der Waals surface area contributed by atoms with Gasteiger partial charge in [0.25, 0.3) is 0 Å². The second-order valence-electron chi connectivity index (χ2n) is 8.79. The molecule has 192 valence electrons. The lowest BCUT2D eigenvalue weighted by molar-refractivity contribution is 0.108. The Morgan fingerprint density at radius 2 is 2.06 bits per heavy atom. The van der Waals surface area contributed by atoms with Gasteiger partial charge in [0, 0.05) is 30.9 Å². The Labute approximate surface area is 214 Å². The lowest BCUT2D eigenvalue weighted by atomic mass is 9.99. The maximum absolute atomic E-state index is 9.52. The molecule has 0 aliphatic carbocycles. The maximum atomic E-state index is 9.52. The summed E-state index contributed by atoms with van der Waals surface area (Å²) in [5.74, 6) is 5.15. The highest BCUT2D eigenvalue weighted by Crippen LogP contribution is 2.29. The fourth-order valence-corrected chi connectivity index (χ4v) is 4.76. The van der Waals surface area contributed by atoms with Gasteiger partial charge in [-0.15, -0.1) is 12.8 Å². The molecular formula is C27H41N5O2S. The Morgan fingerprint density at radius 1 is 1.29 bits per heavy atom. The van der Waals surface area contributed by atoms with E-state index in [1.807, 2.05) is 37.7 Å². The zero-order valence-corrected chi connectivity index (χ0v) is 22.4. The average molecular weight is 500 g/mol. The number of hydrogen-bond acceptors (Lipinski definition) is 7. The van der Waals surface area contributed by atoms with Gasteiger partial charge in [0.15, 0.2) is 5.96 Å². The van der Waals surface area contributed by atoms with E-state index < -0.39 is 0 Å². The third kappa shape index (κ3) is 8.60. The number of aliphatic imine (C=N–C) groups is 2. The predicted octanol–water partition coefficient (Wildman–Crippen LogP) is 5.33. The standard InChI is InChI=1S/C25H39N5O2S.C2H2/c1-5-19(22-16-20-10-7-8-11-21(20)32-22)12-14-30(6-2)25-26-13-9-15-33-17-23(28-25)27-24(29-31)18(3)4;1-2/h7-8,10-11,16,18-19,24,29,31H,5-6,9,12-15,17H2,1-4H3,(H,26,27,28);1-2H. The first kappa shape index (κ1) is 28.8. The third-order valence-electron chi connectivity index (χ3n) is 6.03. The van der Waals surface area contributed by atoms with Crippen LogP contribution in [0.15, 0.2) is 44.7 Å². The fraction of sp³-hybridized carbons (Fsp3) is 0.556. The van der Waals surface area contributed by atoms with E-state index in [4.69, 9.17) is 14.4 Å². The van der Waals surface area contributed by atoms with Gasteiger partial charge in [-0.2, -0.15) is 17.2 Å². The molecule has 2 heterocycles. The molecule has 3 N–H and O–H groups in total. The topological polar surface area (TPSA) is 85.4 Å². The highest BCUT2D eigenvalue weighted by molar-refractivity contribution is 7.99. The molecule has 0 saturated carbocycles. The largest absolute Gasteiger partial charge is 0.461 e. The average Bonchev–Trinajstić information content (AvgIpc) is 3.34. The molecule has 1 aliphatic heterocycles. The van der Waals surface area contributed by atoms with Crippen molar-refractivity contribution >= 4 is 34.5 Å². The van der Waals surface area contributed by atoms with Crippen LogP contribution in [-0.4, -0.2) is 59.2 Å². The SMILES string of the molecule is C#C.CCC(CCN(CC)C1=NCCCSC/C(=N/C(NO)C(C)C)N1)c1cc2ccccc2o1. The molecule has 0 amide bonds. The number of terminal acetylenes is 1. The summed E-state index contributed by atoms with van der Waals surface area (Å²) in [6.45, 7) is 11.0. The van der Waals surface area contributed by atoms with Crippen molar-refractivity contribution in [1.29, 1.82) is 0 Å². The van der Waals surface area contributed by atoms with E-state index in [1.54, 1.807) is 0 Å². The van der Waals surface area contributed by atoms with E-state index >= 15 is 0 Å². The number of benzene rings is 1. The summed E-state index contributed by atoms with van der Waals surface area (Å²) in [4.78, 5) is 11.9. The highest BCUT2D eigenvalue weighted by atomic mass is 32.2. The first-order chi connectivity index (χ1) is 17.0. The molecule has 0 spiro atoms. The minimum Gasteiger partial charge on any atom is -0.461 e. The summed E-state index contributed by atoms with van der Waals surface area (Å²) in [5.41, 5.74) is 3.29. The number of thioether (sulfide) groups is 1. The van der Waals surface area contributed by atoms with Crippen LogP contribution in [0.4, 0.5) is 0 Å². The molecule has 2 atom stereocenters. The van der Waals surface area contributed by atoms with Crippen molar-refractivity contribution in [3.05, 3.63) is 36.1 Å². The lowest BCUT2D eigenvalue weighted by Gasteiger charge is -2.28. The number of hydrogen-bond donors (Lipinski definition) is 3. The van der Waals surface area contributed by atoms with E-state index in [9.17, 15) is 5.21 Å². The van der Waals surface area contributed by atoms with Crippen molar-refractivity contribution in [3.8, 4) is 12.8 Å². The third-order valence-corrected chi connectivity index (χ3v) is 7.09. The smallest absolute Gasteiger partial charge is 0.199 e. The molecule has 2 unspecified atom stereocenters. The number of nitrogens with one attached hydrogen (secondary N) is 2. The molecule has 0 fully saturated rings. The van der Waals surface area contributed by atoms with Gasteiger partial charge in [-0.3, -0.25) is 9.98 Å². The van der Waals surface area contributed by atoms with E-state index in [0.29, 0.717) is 5.92 Å². The molecule has 3 rings (SSSR count). The zero-order chi connectivity index (χ0) is 25.6. The van der Waals surface area contributed by atoms with E-state index in [2.05, 4.69) is 60.6 Å². The molecule has 0 radical (unpaired) electrons. The summed E-state index contributed by atoms with van der Waals surface area (Å²) >= 11 is 1.85. The van der Waals surface area contributed by atoms with Crippen LogP contribution >= 0.6 is 11.8 Å². The van der Waals surface area contributed by atoms with Gasteiger partial charge < -0.3 is 19.8 Å². The number of nitrogens with zero attached hydrogens (tertiary/aromatic N) is 3. The van der Waals surface area contributed by atoms with Gasteiger partial charge in [-0.05, 0) is 50.0 Å². The molecule has 0 saturated heterocycles. The quantitative estimate of drug-likeness (QED) is 0.319. The van der Waals surface area contributed by atoms with Crippen molar-refractivity contribution in [2.24, 2.45) is 15.9 Å². The number of amidine groups is 1. The number of fused-ring (bicyclic) bond motifs is 1. The molecule has 7 nitrogen and oxygen atoms in total. The van der Waals surface area contributed by atoms with Crippen molar-refractivity contribution in [2.45, 2.75) is 59.0 Å². The predicted molar refractivity (Wildman–Crippen MR) is 149 cm³/mol. The first-order valence-electron chi connectivity index (χ1n) is 12.5. The lowest BCUT2D eigenvalue weighted by Crippen LogP contribution is -2.46. The van der Waals surface area contributed by atoms with Gasteiger partial charge in [0.1, 0.15) is 23.3 Å². The Morgan fingerprint density at radius 3 is 2.71 bits per heavy atom. The van der Waals surface area contributed by atoms with Crippen LogP contribution in [0.5, 0.6) is 0 Å². The summed E-state index contributed by atoms with van der Waals surface area (Å²) in [7, 11) is 0. The Bertz CT molecular complexity index is 936. The number of rotatable bonds is 9. The summed E-state index contributed by atoms with van der Waals surface area (Å²) in [6, 6.07) is 10.4. The van der Waals surface area contributed by atoms with Crippen LogP contribution in [0.2, 0.25) is 0 Å². The number of guanidine groups is 1. The van der Waals surface area contributed by atoms with Crippen LogP contribution in [0.1, 0.15) is 58.6 Å². The number of para-hydroxylation sites is 1. The molecule has 2 aromatic rings. The van der Waals surface area contributed by atoms with Crippen molar-refractivity contribution < 1.29 is 9.62 Å². The highest BCUT2D eigenvalue weighted by Gasteiger charge is 2.20. The molecule has 35 heavy (non-hydrogen) atoms. The van der Waals surface area contributed by atoms with Gasteiger partial charge in [-0.25, -0.2) is 0 Å². The van der Waals surface area contributed by atoms with E-state index in [-0.39, 0.29) is 12.1 Å². The second kappa shape index (κ2) is 15.5. The van der Waals surface area contributed by atoms with Gasteiger partial charge in [0.2, 0.25) is 0 Å². The van der Waals surface area contributed by atoms with Crippen LogP contribution in [0.3, 0.4) is 0 Å². The minimum absolute atomic E-state index is 0.179. The second-order valence-corrected chi connectivity index (χ2v) is 9.90. The molecule has 1 aliphatic rings. The Hall–Kier alpha value is -2.47. The van der Waals surface area contributed by atoms with Gasteiger partial charge >= 0.3 is 0 Å². The van der Waals surface area contributed by atoms with Crippen molar-refractivity contribution in [1.82, 2.24) is 15.7 Å². The summed E-state index contributed by atoms with van der Waals surface area (Å²) < 4.78 is 6.16. The van der Waals surface area contributed by atoms with Crippen LogP contribution in [-0.2, 0) is 0 Å². The molecule has 1 aromatic heterocycles. The maximum Gasteiger partial charge on any atom is 0.199 e. The number of hydroxylamine groups is 1. The van der Waals surface area contributed by atoms with Gasteiger partial charge in [-0.1, -0.05) is 39.0 Å². The number of furan rings is 1. The fourth-order valence-electron chi connectivity index (χ4n) is 3.95. The molecule has 1 aromatic carbocycles. The van der Waals surface area contributed by atoms with E-state index in [0.717, 1.165) is 78.9 Å². The first-order valence-corrected chi connectivity index (χ1v) is 13.6. The van der Waals surface area contributed by atoms with Crippen LogP contribution < -0.4 is 10.8 Å². The normalized spacial score (nSPS) is 17.4. The zero-order valence-electron chi connectivity index (χ0n) is 21.5. The van der Waals surface area contributed by atoms with Crippen LogP contribution in [0, 0.1) is 18.8 Å². The molecular weight excluding hydrogens is 458 g/mol. The minimum atomic E-state index is -0.345. The van der Waals surface area contributed by atoms with Crippen LogP contribution in [0.25, 0.3) is 11.0 Å². The van der Waals surface area contributed by atoms with E-state index in [1.165, 1.54) is 0 Å². The monoisotopic (exact) mass is 499 g/mol. The summed E-state index contributed by atoms with van der Waals surface area (Å²) in [5, 5.41) is 14.2. The Kier molecular flexibility index (Phi) is 12.7. The molecule has 0 bridgehead atoms. The van der Waals surface area contributed by atoms with Gasteiger partial charge in [0.05, 0.1) is 5.75 Å².